The van der Waals surface area contributed by atoms with Crippen molar-refractivity contribution in [2.45, 2.75) is 38.3 Å². The van der Waals surface area contributed by atoms with E-state index in [9.17, 15) is 18.8 Å². The molecule has 7 nitrogen and oxygen atoms in total. The minimum atomic E-state index is -0.681. The molecule has 0 unspecified atom stereocenters. The number of carbonyl (C=O) groups is 3. The monoisotopic (exact) mass is 424 g/mol. The molecule has 0 bridgehead atoms. The summed E-state index contributed by atoms with van der Waals surface area (Å²) in [6.07, 6.45) is 2.15. The van der Waals surface area contributed by atoms with E-state index in [1.165, 1.54) is 12.1 Å². The van der Waals surface area contributed by atoms with Gasteiger partial charge in [0.25, 0.3) is 0 Å². The van der Waals surface area contributed by atoms with Crippen LogP contribution in [0.25, 0.3) is 0 Å². The molecule has 0 aromatic heterocycles. The van der Waals surface area contributed by atoms with Gasteiger partial charge in [-0.2, -0.15) is 0 Å². The third-order valence-electron chi connectivity index (χ3n) is 5.34. The quantitative estimate of drug-likeness (QED) is 0.616. The Kier molecular flexibility index (Phi) is 7.44. The molecule has 0 aliphatic carbocycles. The summed E-state index contributed by atoms with van der Waals surface area (Å²) in [6.45, 7) is 2.95. The fraction of sp³-hybridized carbons (Fsp3) is 0.550. The van der Waals surface area contributed by atoms with Crippen molar-refractivity contribution in [2.75, 3.05) is 32.7 Å². The molecule has 2 fully saturated rings. The minimum Gasteiger partial charge on any atom is -0.356 e. The number of benzene rings is 1. The van der Waals surface area contributed by atoms with Crippen molar-refractivity contribution in [2.24, 2.45) is 0 Å². The van der Waals surface area contributed by atoms with E-state index in [0.717, 1.165) is 13.0 Å². The van der Waals surface area contributed by atoms with Crippen LogP contribution < -0.4 is 10.6 Å². The van der Waals surface area contributed by atoms with Crippen LogP contribution in [0.15, 0.2) is 18.2 Å². The molecular formula is C20H26ClFN4O3. The number of hydrogen-bond donors (Lipinski definition) is 2. The fourth-order valence-electron chi connectivity index (χ4n) is 3.75. The van der Waals surface area contributed by atoms with E-state index in [4.69, 9.17) is 11.6 Å². The Bertz CT molecular complexity index is 756. The Morgan fingerprint density at radius 2 is 2.14 bits per heavy atom. The van der Waals surface area contributed by atoms with Crippen LogP contribution in [-0.4, -0.2) is 66.3 Å². The largest absolute Gasteiger partial charge is 0.356 e. The van der Waals surface area contributed by atoms with E-state index < -0.39 is 11.9 Å². The Hall–Kier alpha value is -2.19. The van der Waals surface area contributed by atoms with E-state index >= 15 is 0 Å². The lowest BCUT2D eigenvalue weighted by Gasteiger charge is -2.35. The summed E-state index contributed by atoms with van der Waals surface area (Å²) in [5, 5.41) is 5.87. The number of likely N-dealkylation sites (tertiary alicyclic amines) is 1. The van der Waals surface area contributed by atoms with E-state index in [2.05, 4.69) is 10.6 Å². The Morgan fingerprint density at radius 3 is 2.86 bits per heavy atom. The van der Waals surface area contributed by atoms with Gasteiger partial charge in [-0.05, 0) is 25.0 Å². The zero-order valence-corrected chi connectivity index (χ0v) is 17.0. The highest BCUT2D eigenvalue weighted by atomic mass is 35.5. The van der Waals surface area contributed by atoms with E-state index in [1.807, 2.05) is 0 Å². The Labute approximate surface area is 174 Å². The topological polar surface area (TPSA) is 81.8 Å². The summed E-state index contributed by atoms with van der Waals surface area (Å²) < 4.78 is 14.1. The molecule has 9 heteroatoms. The summed E-state index contributed by atoms with van der Waals surface area (Å²) in [7, 11) is 0. The number of piperazine rings is 1. The molecular weight excluding hydrogens is 399 g/mol. The van der Waals surface area contributed by atoms with Crippen LogP contribution in [0.4, 0.5) is 4.39 Å². The van der Waals surface area contributed by atoms with Crippen LogP contribution in [0.2, 0.25) is 5.02 Å². The molecule has 3 amide bonds. The van der Waals surface area contributed by atoms with E-state index in [1.54, 1.807) is 15.9 Å². The van der Waals surface area contributed by atoms with Gasteiger partial charge in [-0.1, -0.05) is 17.7 Å². The molecule has 2 aliphatic rings. The molecule has 0 radical (unpaired) electrons. The van der Waals surface area contributed by atoms with Crippen molar-refractivity contribution in [1.29, 1.82) is 0 Å². The highest BCUT2D eigenvalue weighted by Gasteiger charge is 2.32. The molecule has 1 atom stereocenters. The van der Waals surface area contributed by atoms with Gasteiger partial charge in [0.1, 0.15) is 5.82 Å². The van der Waals surface area contributed by atoms with Crippen LogP contribution in [0.1, 0.15) is 31.2 Å². The number of hydrogen-bond acceptors (Lipinski definition) is 4. The van der Waals surface area contributed by atoms with Crippen molar-refractivity contribution in [3.8, 4) is 0 Å². The molecule has 2 saturated heterocycles. The summed E-state index contributed by atoms with van der Waals surface area (Å²) in [5.41, 5.74) is 0.324. The van der Waals surface area contributed by atoms with Gasteiger partial charge in [0.15, 0.2) is 0 Å². The molecule has 0 spiro atoms. The second-order valence-electron chi connectivity index (χ2n) is 7.37. The maximum absolute atomic E-state index is 14.1. The van der Waals surface area contributed by atoms with Crippen molar-refractivity contribution < 1.29 is 18.8 Å². The Morgan fingerprint density at radius 1 is 1.31 bits per heavy atom. The molecule has 0 saturated carbocycles. The van der Waals surface area contributed by atoms with Gasteiger partial charge in [0.05, 0.1) is 12.5 Å². The van der Waals surface area contributed by atoms with Crippen molar-refractivity contribution >= 4 is 29.3 Å². The minimum absolute atomic E-state index is 0.0133. The first-order chi connectivity index (χ1) is 14.0. The average Bonchev–Trinajstić information content (AvgIpc) is 3.09. The average molecular weight is 425 g/mol. The van der Waals surface area contributed by atoms with Crippen LogP contribution in [-0.2, 0) is 20.9 Å². The summed E-state index contributed by atoms with van der Waals surface area (Å²) >= 11 is 6.11. The molecule has 3 rings (SSSR count). The predicted molar refractivity (Wildman–Crippen MR) is 107 cm³/mol. The molecule has 158 valence electrons. The lowest BCUT2D eigenvalue weighted by Crippen LogP contribution is -2.56. The first kappa shape index (κ1) is 21.5. The van der Waals surface area contributed by atoms with Crippen molar-refractivity contribution in [3.05, 3.63) is 34.6 Å². The van der Waals surface area contributed by atoms with Crippen LogP contribution in [0.5, 0.6) is 0 Å². The van der Waals surface area contributed by atoms with Crippen molar-refractivity contribution in [1.82, 2.24) is 20.4 Å². The third kappa shape index (κ3) is 5.67. The number of halogens is 2. The van der Waals surface area contributed by atoms with Crippen molar-refractivity contribution in [3.63, 3.8) is 0 Å². The molecule has 29 heavy (non-hydrogen) atoms. The molecule has 2 N–H and O–H groups in total. The third-order valence-corrected chi connectivity index (χ3v) is 5.70. The maximum atomic E-state index is 14.1. The normalized spacial score (nSPS) is 20.1. The standard InChI is InChI=1S/C20H26ClFN4O3/c21-15-4-1-5-16(22)14(15)13-26-11-8-24-20(29)17(26)12-18(27)23-7-3-10-25-9-2-6-19(25)28/h1,4-5,17H,2-3,6-13H2,(H,23,27)(H,24,29)/t17-/m0/s1. The molecule has 1 aromatic carbocycles. The zero-order valence-electron chi connectivity index (χ0n) is 16.3. The smallest absolute Gasteiger partial charge is 0.237 e. The Balaban J connectivity index is 1.51. The highest BCUT2D eigenvalue weighted by molar-refractivity contribution is 6.31. The molecule has 2 heterocycles. The van der Waals surface area contributed by atoms with Gasteiger partial charge in [0, 0.05) is 56.3 Å². The SMILES string of the molecule is O=C(C[C@H]1C(=O)NCCN1Cc1c(F)cccc1Cl)NCCCN1CCCC1=O. The van der Waals surface area contributed by atoms with E-state index in [0.29, 0.717) is 49.6 Å². The number of amides is 3. The first-order valence-corrected chi connectivity index (χ1v) is 10.3. The van der Waals surface area contributed by atoms with Gasteiger partial charge in [0.2, 0.25) is 17.7 Å². The number of rotatable bonds is 8. The number of nitrogens with one attached hydrogen (secondary N) is 2. The fourth-order valence-corrected chi connectivity index (χ4v) is 3.97. The lowest BCUT2D eigenvalue weighted by molar-refractivity contribution is -0.134. The summed E-state index contributed by atoms with van der Waals surface area (Å²) in [4.78, 5) is 39.9. The van der Waals surface area contributed by atoms with Crippen LogP contribution >= 0.6 is 11.6 Å². The molecule has 2 aliphatic heterocycles. The highest BCUT2D eigenvalue weighted by Crippen LogP contribution is 2.23. The second-order valence-corrected chi connectivity index (χ2v) is 7.78. The summed E-state index contributed by atoms with van der Waals surface area (Å²) in [6, 6.07) is 3.79. The van der Waals surface area contributed by atoms with E-state index in [-0.39, 0.29) is 30.7 Å². The van der Waals surface area contributed by atoms with Gasteiger partial charge >= 0.3 is 0 Å². The first-order valence-electron chi connectivity index (χ1n) is 9.95. The van der Waals surface area contributed by atoms with Gasteiger partial charge in [-0.15, -0.1) is 0 Å². The predicted octanol–water partition coefficient (Wildman–Crippen LogP) is 1.30. The van der Waals surface area contributed by atoms with Crippen LogP contribution in [0.3, 0.4) is 0 Å². The number of nitrogens with zero attached hydrogens (tertiary/aromatic N) is 2. The van der Waals surface area contributed by atoms with Gasteiger partial charge < -0.3 is 15.5 Å². The second kappa shape index (κ2) is 10.0. The summed E-state index contributed by atoms with van der Waals surface area (Å²) in [5.74, 6) is -0.758. The number of carbonyl (C=O) groups excluding carboxylic acids is 3. The van der Waals surface area contributed by atoms with Gasteiger partial charge in [-0.25, -0.2) is 4.39 Å². The zero-order chi connectivity index (χ0) is 20.8. The lowest BCUT2D eigenvalue weighted by atomic mass is 10.1. The maximum Gasteiger partial charge on any atom is 0.237 e. The van der Waals surface area contributed by atoms with Gasteiger partial charge in [-0.3, -0.25) is 19.3 Å². The van der Waals surface area contributed by atoms with Crippen LogP contribution in [0, 0.1) is 5.82 Å². The molecule has 1 aromatic rings.